The lowest BCUT2D eigenvalue weighted by Gasteiger charge is -2.34. The van der Waals surface area contributed by atoms with Gasteiger partial charge in [0.1, 0.15) is 11.6 Å². The lowest BCUT2D eigenvalue weighted by Crippen LogP contribution is -2.43. The molecule has 4 fully saturated rings. The summed E-state index contributed by atoms with van der Waals surface area (Å²) in [6, 6.07) is 16.0. The minimum atomic E-state index is 0. The van der Waals surface area contributed by atoms with E-state index in [1.54, 1.807) is 0 Å². The Morgan fingerprint density at radius 1 is 0.592 bits per heavy atom. The molecule has 4 amide bonds. The van der Waals surface area contributed by atoms with Gasteiger partial charge in [0.05, 0.1) is 48.2 Å². The maximum absolute atomic E-state index is 13.8. The summed E-state index contributed by atoms with van der Waals surface area (Å²) in [6.45, 7) is 12.1. The van der Waals surface area contributed by atoms with Gasteiger partial charge in [-0.3, -0.25) is 28.5 Å². The zero-order chi connectivity index (χ0) is 48.7. The summed E-state index contributed by atoms with van der Waals surface area (Å²) in [6.07, 6.45) is 14.9. The molecule has 16 nitrogen and oxygen atoms in total. The molecule has 6 aliphatic rings. The van der Waals surface area contributed by atoms with Crippen molar-refractivity contribution in [3.63, 3.8) is 0 Å². The normalized spacial score (nSPS) is 22.5. The first-order chi connectivity index (χ1) is 34.0. The van der Waals surface area contributed by atoms with E-state index in [9.17, 15) is 19.2 Å². The van der Waals surface area contributed by atoms with E-state index in [0.29, 0.717) is 30.8 Å². The highest BCUT2D eigenvalue weighted by molar-refractivity contribution is 6.00. The Kier molecular flexibility index (Phi) is 17.4. The average molecular weight is 994 g/mol. The van der Waals surface area contributed by atoms with Gasteiger partial charge in [0.15, 0.2) is 0 Å². The molecule has 6 heterocycles. The van der Waals surface area contributed by atoms with E-state index in [-0.39, 0.29) is 59.7 Å². The van der Waals surface area contributed by atoms with Crippen molar-refractivity contribution in [2.45, 2.75) is 104 Å². The first kappa shape index (κ1) is 51.9. The standard InChI is InChI=1S/C29H42N6O2.C25H34N6O2.ClH/c1-20(2)18-34-14-12-22(13-15-34)28(36)30-16-21-8-10-23(11-9-21)29(37)35-19-24-17-31-33(3)27(24)32-25-6-4-5-7-26(25)35;1-30-23-20(15-28-30)16-31(22-5-3-2-4-21(22)29-23)25(33)19-8-6-17(7-9-19)14-27-24(32)18-10-12-26-13-11-18;/h4-7,17,20-23,32H,8-16,18-19H2,1-3H3,(H,30,36);2-5,15,17-19,26,29H,6-14,16H2,1H3,(H,27,32);1H. The third-order valence-corrected chi connectivity index (χ3v) is 15.9. The van der Waals surface area contributed by atoms with Gasteiger partial charge in [-0.2, -0.15) is 10.2 Å². The molecule has 10 rings (SSSR count). The number of nitrogens with one attached hydrogen (secondary N) is 5. The number of fused-ring (bicyclic) bond motifs is 4. The van der Waals surface area contributed by atoms with Crippen molar-refractivity contribution < 1.29 is 19.2 Å². The second-order valence-electron chi connectivity index (χ2n) is 21.3. The van der Waals surface area contributed by atoms with Crippen LogP contribution in [0.25, 0.3) is 0 Å². The van der Waals surface area contributed by atoms with Crippen molar-refractivity contribution in [2.75, 3.05) is 66.2 Å². The SMILES string of the molecule is CC(C)CN1CCC(C(=O)NCC2CCC(C(=O)N3Cc4cnn(C)c4Nc4ccccc43)CC2)CC1.Cl.Cn1ncc2c1Nc1ccccc1N(C(=O)C1CCC(CNC(=O)C3CCNCC3)CC1)C2. The van der Waals surface area contributed by atoms with Crippen LogP contribution in [0.15, 0.2) is 60.9 Å². The fraction of sp³-hybridized carbons (Fsp3) is 0.593. The maximum atomic E-state index is 13.8. The Balaban J connectivity index is 0.000000189. The maximum Gasteiger partial charge on any atom is 0.230 e. The molecule has 0 spiro atoms. The highest BCUT2D eigenvalue weighted by Gasteiger charge is 2.36. The third kappa shape index (κ3) is 12.4. The predicted molar refractivity (Wildman–Crippen MR) is 282 cm³/mol. The summed E-state index contributed by atoms with van der Waals surface area (Å²) in [7, 11) is 3.83. The molecule has 0 radical (unpaired) electrons. The molecule has 4 aliphatic heterocycles. The molecule has 2 aromatic heterocycles. The Bertz CT molecular complexity index is 2440. The van der Waals surface area contributed by atoms with Crippen LogP contribution >= 0.6 is 12.4 Å². The number of piperidine rings is 2. The number of likely N-dealkylation sites (tertiary alicyclic amines) is 1. The number of carbonyl (C=O) groups excluding carboxylic acids is 4. The van der Waals surface area contributed by atoms with Crippen molar-refractivity contribution in [1.82, 2.24) is 40.4 Å². The van der Waals surface area contributed by atoms with Crippen molar-refractivity contribution in [3.05, 3.63) is 72.1 Å². The fourth-order valence-corrected chi connectivity index (χ4v) is 11.7. The van der Waals surface area contributed by atoms with Gasteiger partial charge < -0.3 is 41.3 Å². The molecule has 2 saturated carbocycles. The van der Waals surface area contributed by atoms with Crippen molar-refractivity contribution in [2.24, 2.45) is 55.5 Å². The van der Waals surface area contributed by atoms with Gasteiger partial charge in [0, 0.05) is 68.5 Å². The van der Waals surface area contributed by atoms with Crippen LogP contribution in [0.5, 0.6) is 0 Å². The molecule has 17 heteroatoms. The van der Waals surface area contributed by atoms with E-state index < -0.39 is 0 Å². The number of halogens is 1. The van der Waals surface area contributed by atoms with E-state index >= 15 is 0 Å². The number of aromatic nitrogens is 4. The van der Waals surface area contributed by atoms with Crippen LogP contribution in [0.2, 0.25) is 0 Å². The molecular weight excluding hydrogens is 916 g/mol. The van der Waals surface area contributed by atoms with Crippen molar-refractivity contribution in [3.8, 4) is 0 Å². The van der Waals surface area contributed by atoms with E-state index in [0.717, 1.165) is 168 Å². The lowest BCUT2D eigenvalue weighted by atomic mass is 9.81. The Morgan fingerprint density at radius 2 is 1.01 bits per heavy atom. The minimum absolute atomic E-state index is 0. The number of rotatable bonds is 10. The van der Waals surface area contributed by atoms with Crippen molar-refractivity contribution >= 4 is 70.4 Å². The topological polar surface area (TPSA) is 174 Å². The van der Waals surface area contributed by atoms with Gasteiger partial charge in [-0.1, -0.05) is 38.1 Å². The number of anilines is 6. The van der Waals surface area contributed by atoms with E-state index in [1.165, 1.54) is 0 Å². The number of nitrogens with zero attached hydrogens (tertiary/aromatic N) is 7. The lowest BCUT2D eigenvalue weighted by molar-refractivity contribution is -0.127. The number of hydrogen-bond acceptors (Lipinski definition) is 10. The van der Waals surface area contributed by atoms with Crippen LogP contribution in [0.3, 0.4) is 0 Å². The largest absolute Gasteiger partial charge is 0.356 e. The molecule has 0 atom stereocenters. The van der Waals surface area contributed by atoms with Gasteiger partial charge in [-0.25, -0.2) is 0 Å². The number of carbonyl (C=O) groups is 4. The number of amides is 4. The zero-order valence-electron chi connectivity index (χ0n) is 42.3. The second-order valence-corrected chi connectivity index (χ2v) is 21.3. The molecule has 384 valence electrons. The van der Waals surface area contributed by atoms with E-state index in [2.05, 4.69) is 55.5 Å². The number of benzene rings is 2. The van der Waals surface area contributed by atoms with Crippen LogP contribution in [0, 0.1) is 41.4 Å². The quantitative estimate of drug-likeness (QED) is 0.106. The first-order valence-corrected chi connectivity index (χ1v) is 26.3. The summed E-state index contributed by atoms with van der Waals surface area (Å²) in [4.78, 5) is 59.0. The van der Waals surface area contributed by atoms with Crippen LogP contribution < -0.4 is 36.4 Å². The van der Waals surface area contributed by atoms with Crippen LogP contribution in [-0.4, -0.2) is 93.9 Å². The third-order valence-electron chi connectivity index (χ3n) is 15.9. The minimum Gasteiger partial charge on any atom is -0.356 e. The number of aryl methyl sites for hydroxylation is 2. The molecule has 5 N–H and O–H groups in total. The van der Waals surface area contributed by atoms with Crippen LogP contribution in [0.1, 0.15) is 102 Å². The van der Waals surface area contributed by atoms with E-state index in [4.69, 9.17) is 0 Å². The van der Waals surface area contributed by atoms with Gasteiger partial charge in [0.25, 0.3) is 0 Å². The zero-order valence-corrected chi connectivity index (χ0v) is 43.2. The predicted octanol–water partition coefficient (Wildman–Crippen LogP) is 7.66. The first-order valence-electron chi connectivity index (χ1n) is 26.3. The van der Waals surface area contributed by atoms with Crippen molar-refractivity contribution in [1.29, 1.82) is 0 Å². The Hall–Kier alpha value is -5.45. The Labute approximate surface area is 426 Å². The molecule has 2 aliphatic carbocycles. The molecule has 71 heavy (non-hydrogen) atoms. The summed E-state index contributed by atoms with van der Waals surface area (Å²) < 4.78 is 3.65. The fourth-order valence-electron chi connectivity index (χ4n) is 11.7. The van der Waals surface area contributed by atoms with Gasteiger partial charge in [-0.15, -0.1) is 12.4 Å². The Morgan fingerprint density at radius 3 is 1.45 bits per heavy atom. The number of para-hydroxylation sites is 4. The van der Waals surface area contributed by atoms with Crippen LogP contribution in [-0.2, 0) is 46.4 Å². The summed E-state index contributed by atoms with van der Waals surface area (Å²) in [5.74, 6) is 4.62. The molecule has 0 bridgehead atoms. The van der Waals surface area contributed by atoms with Crippen LogP contribution in [0.4, 0.5) is 34.4 Å². The highest BCUT2D eigenvalue weighted by Crippen LogP contribution is 2.40. The van der Waals surface area contributed by atoms with E-state index in [1.807, 2.05) is 94.2 Å². The molecular formula is C54H77ClN12O4. The smallest absolute Gasteiger partial charge is 0.230 e. The van der Waals surface area contributed by atoms with Gasteiger partial charge in [0.2, 0.25) is 23.6 Å². The summed E-state index contributed by atoms with van der Waals surface area (Å²) >= 11 is 0. The number of hydrogen-bond donors (Lipinski definition) is 5. The molecule has 2 saturated heterocycles. The molecule has 4 aromatic rings. The van der Waals surface area contributed by atoms with Gasteiger partial charge >= 0.3 is 0 Å². The summed E-state index contributed by atoms with van der Waals surface area (Å²) in [5, 5.41) is 25.4. The monoisotopic (exact) mass is 993 g/mol. The second kappa shape index (κ2) is 23.8. The molecule has 2 aromatic carbocycles. The summed E-state index contributed by atoms with van der Waals surface area (Å²) in [5.41, 5.74) is 5.77. The van der Waals surface area contributed by atoms with Gasteiger partial charge in [-0.05, 0) is 145 Å². The molecule has 0 unspecified atom stereocenters. The highest BCUT2D eigenvalue weighted by atomic mass is 35.5. The average Bonchev–Trinajstić information content (AvgIpc) is 3.78.